The van der Waals surface area contributed by atoms with Gasteiger partial charge in [0.05, 0.1) is 16.9 Å². The summed E-state index contributed by atoms with van der Waals surface area (Å²) < 4.78 is 0. The molecule has 4 N–H and O–H groups in total. The molecule has 0 saturated carbocycles. The molecule has 8 nitrogen and oxygen atoms in total. The Bertz CT molecular complexity index is 730. The Morgan fingerprint density at radius 3 is 1.46 bits per heavy atom. The van der Waals surface area contributed by atoms with Gasteiger partial charge in [0.2, 0.25) is 0 Å². The van der Waals surface area contributed by atoms with Gasteiger partial charge in [-0.15, -0.1) is 0 Å². The quantitative estimate of drug-likeness (QED) is 0.590. The van der Waals surface area contributed by atoms with Crippen LogP contribution in [-0.4, -0.2) is 34.0 Å². The minimum Gasteiger partial charge on any atom is -0.478 e. The van der Waals surface area contributed by atoms with E-state index in [2.05, 4.69) is 23.8 Å². The van der Waals surface area contributed by atoms with Gasteiger partial charge in [-0.05, 0) is 26.0 Å². The zero-order valence-corrected chi connectivity index (χ0v) is 13.1. The molecule has 24 heavy (non-hydrogen) atoms. The van der Waals surface area contributed by atoms with E-state index >= 15 is 0 Å². The molecular formula is C16H16N2O6. The Labute approximate surface area is 137 Å². The van der Waals surface area contributed by atoms with Crippen LogP contribution >= 0.6 is 0 Å². The molecule has 0 saturated heterocycles. The maximum atomic E-state index is 11.8. The summed E-state index contributed by atoms with van der Waals surface area (Å²) in [6, 6.07) is 1.98. The number of rotatable bonds is 6. The summed E-state index contributed by atoms with van der Waals surface area (Å²) in [5, 5.41) is 23.1. The number of aromatic carboxylic acids is 2. The van der Waals surface area contributed by atoms with E-state index in [0.29, 0.717) is 0 Å². The number of carboxylic acid groups (broad SMARTS) is 2. The van der Waals surface area contributed by atoms with E-state index in [4.69, 9.17) is 5.11 Å². The Balaban J connectivity index is 3.57. The van der Waals surface area contributed by atoms with Crippen LogP contribution in [0.4, 0.5) is 11.4 Å². The van der Waals surface area contributed by atoms with E-state index in [-0.39, 0.29) is 28.1 Å². The van der Waals surface area contributed by atoms with Crippen LogP contribution in [0.15, 0.2) is 36.4 Å². The van der Waals surface area contributed by atoms with Crippen molar-refractivity contribution in [1.82, 2.24) is 0 Å². The van der Waals surface area contributed by atoms with Gasteiger partial charge in [0, 0.05) is 11.1 Å². The molecule has 0 atom stereocenters. The second-order valence-corrected chi connectivity index (χ2v) is 5.03. The molecule has 1 aromatic rings. The smallest absolute Gasteiger partial charge is 0.339 e. The predicted octanol–water partition coefficient (Wildman–Crippen LogP) is 2.11. The minimum atomic E-state index is -1.46. The van der Waals surface area contributed by atoms with E-state index in [9.17, 15) is 24.3 Å². The van der Waals surface area contributed by atoms with Crippen LogP contribution in [-0.2, 0) is 9.59 Å². The fourth-order valence-electron chi connectivity index (χ4n) is 1.65. The number of hydrogen-bond acceptors (Lipinski definition) is 4. The number of hydrogen-bond donors (Lipinski definition) is 4. The summed E-state index contributed by atoms with van der Waals surface area (Å²) in [6.45, 7) is 9.65. The van der Waals surface area contributed by atoms with Gasteiger partial charge in [-0.25, -0.2) is 9.59 Å². The van der Waals surface area contributed by atoms with Crippen LogP contribution in [0.5, 0.6) is 0 Å². The average Bonchev–Trinajstić information content (AvgIpc) is 2.45. The van der Waals surface area contributed by atoms with Gasteiger partial charge in [0.15, 0.2) is 0 Å². The maximum absolute atomic E-state index is 11.8. The lowest BCUT2D eigenvalue weighted by molar-refractivity contribution is -0.113. The first kappa shape index (κ1) is 18.6. The summed E-state index contributed by atoms with van der Waals surface area (Å²) in [6.07, 6.45) is 0. The lowest BCUT2D eigenvalue weighted by Gasteiger charge is -2.15. The first-order valence-electron chi connectivity index (χ1n) is 6.63. The van der Waals surface area contributed by atoms with Gasteiger partial charge >= 0.3 is 11.9 Å². The molecule has 0 heterocycles. The van der Waals surface area contributed by atoms with Crippen LogP contribution in [0.25, 0.3) is 0 Å². The number of carbonyl (C=O) groups excluding carboxylic acids is 2. The van der Waals surface area contributed by atoms with Crippen molar-refractivity contribution in [2.24, 2.45) is 0 Å². The third-order valence-corrected chi connectivity index (χ3v) is 2.87. The summed E-state index contributed by atoms with van der Waals surface area (Å²) >= 11 is 0. The molecule has 0 aliphatic rings. The first-order chi connectivity index (χ1) is 11.0. The predicted molar refractivity (Wildman–Crippen MR) is 87.2 cm³/mol. The Morgan fingerprint density at radius 1 is 0.833 bits per heavy atom. The fraction of sp³-hybridized carbons (Fsp3) is 0.125. The minimum absolute atomic E-state index is 0.0968. The molecule has 0 radical (unpaired) electrons. The molecule has 0 aliphatic heterocycles. The van der Waals surface area contributed by atoms with Crippen molar-refractivity contribution in [2.45, 2.75) is 13.8 Å². The number of carboxylic acids is 2. The molecule has 0 bridgehead atoms. The van der Waals surface area contributed by atoms with Gasteiger partial charge in [-0.1, -0.05) is 13.2 Å². The van der Waals surface area contributed by atoms with Crippen LogP contribution in [0.1, 0.15) is 34.6 Å². The highest BCUT2D eigenvalue weighted by Gasteiger charge is 2.22. The molecule has 8 heteroatoms. The number of carbonyl (C=O) groups is 4. The first-order valence-corrected chi connectivity index (χ1v) is 6.63. The largest absolute Gasteiger partial charge is 0.478 e. The van der Waals surface area contributed by atoms with Gasteiger partial charge in [-0.2, -0.15) is 0 Å². The van der Waals surface area contributed by atoms with E-state index in [1.165, 1.54) is 13.8 Å². The van der Waals surface area contributed by atoms with Crippen molar-refractivity contribution in [3.63, 3.8) is 0 Å². The number of anilines is 2. The zero-order chi connectivity index (χ0) is 18.6. The molecular weight excluding hydrogens is 316 g/mol. The highest BCUT2D eigenvalue weighted by atomic mass is 16.4. The average molecular weight is 332 g/mol. The number of benzene rings is 1. The lowest BCUT2D eigenvalue weighted by atomic mass is 10.0. The normalized spacial score (nSPS) is 9.75. The SMILES string of the molecule is C=C(C)C(=O)Nc1cc(C(=O)O)cc(NC(=O)C(=C)C)c1C(=O)O. The van der Waals surface area contributed by atoms with Gasteiger partial charge < -0.3 is 20.8 Å². The standard InChI is InChI=1S/C16H16N2O6/c1-7(2)13(19)17-10-5-9(15(21)22)6-11(12(10)16(23)24)18-14(20)8(3)4/h5-6H,1,3H2,2,4H3,(H,17,19)(H,18,20)(H,21,22)(H,23,24). The van der Waals surface area contributed by atoms with Crippen LogP contribution in [0.2, 0.25) is 0 Å². The third-order valence-electron chi connectivity index (χ3n) is 2.87. The summed E-state index contributed by atoms with van der Waals surface area (Å²) in [4.78, 5) is 46.3. The molecule has 2 amide bonds. The lowest BCUT2D eigenvalue weighted by Crippen LogP contribution is -2.20. The van der Waals surface area contributed by atoms with Crippen LogP contribution < -0.4 is 10.6 Å². The van der Waals surface area contributed by atoms with Gasteiger partial charge in [-0.3, -0.25) is 9.59 Å². The second kappa shape index (κ2) is 7.23. The fourth-order valence-corrected chi connectivity index (χ4v) is 1.65. The molecule has 1 aromatic carbocycles. The van der Waals surface area contributed by atoms with Crippen LogP contribution in [0, 0.1) is 0 Å². The summed E-state index contributed by atoms with van der Waals surface area (Å²) in [5.41, 5.74) is -1.11. The molecule has 1 rings (SSSR count). The van der Waals surface area contributed by atoms with Crippen molar-refractivity contribution in [2.75, 3.05) is 10.6 Å². The number of amides is 2. The van der Waals surface area contributed by atoms with Crippen molar-refractivity contribution in [3.05, 3.63) is 47.6 Å². The molecule has 0 aliphatic carbocycles. The molecule has 0 unspecified atom stereocenters. The highest BCUT2D eigenvalue weighted by Crippen LogP contribution is 2.28. The van der Waals surface area contributed by atoms with Crippen molar-refractivity contribution in [3.8, 4) is 0 Å². The maximum Gasteiger partial charge on any atom is 0.339 e. The van der Waals surface area contributed by atoms with Crippen molar-refractivity contribution < 1.29 is 29.4 Å². The van der Waals surface area contributed by atoms with E-state index in [0.717, 1.165) is 12.1 Å². The Hall–Kier alpha value is -3.42. The van der Waals surface area contributed by atoms with E-state index in [1.54, 1.807) is 0 Å². The topological polar surface area (TPSA) is 133 Å². The number of nitrogens with one attached hydrogen (secondary N) is 2. The second-order valence-electron chi connectivity index (χ2n) is 5.03. The third kappa shape index (κ3) is 4.29. The Morgan fingerprint density at radius 2 is 1.21 bits per heavy atom. The van der Waals surface area contributed by atoms with Crippen molar-refractivity contribution >= 4 is 35.1 Å². The molecule has 0 aromatic heterocycles. The van der Waals surface area contributed by atoms with Crippen LogP contribution in [0.3, 0.4) is 0 Å². The van der Waals surface area contributed by atoms with Gasteiger partial charge in [0.1, 0.15) is 5.56 Å². The molecule has 126 valence electrons. The summed E-state index contributed by atoms with van der Waals surface area (Å²) in [5.74, 6) is -4.18. The van der Waals surface area contributed by atoms with E-state index < -0.39 is 29.3 Å². The molecule has 0 fully saturated rings. The van der Waals surface area contributed by atoms with Crippen molar-refractivity contribution in [1.29, 1.82) is 0 Å². The Kier molecular flexibility index (Phi) is 5.61. The highest BCUT2D eigenvalue weighted by molar-refractivity contribution is 6.13. The molecule has 0 spiro atoms. The zero-order valence-electron chi connectivity index (χ0n) is 13.1. The van der Waals surface area contributed by atoms with Gasteiger partial charge in [0.25, 0.3) is 11.8 Å². The van der Waals surface area contributed by atoms with E-state index in [1.807, 2.05) is 0 Å². The monoisotopic (exact) mass is 332 g/mol. The summed E-state index contributed by atoms with van der Waals surface area (Å²) in [7, 11) is 0.